The van der Waals surface area contributed by atoms with Crippen LogP contribution in [0.15, 0.2) is 35.2 Å². The lowest BCUT2D eigenvalue weighted by Gasteiger charge is -1.72. The number of hydrogen-bond acceptors (Lipinski definition) is 1. The fraction of sp³-hybridized carbons (Fsp3) is 0. The highest BCUT2D eigenvalue weighted by atomic mass is 14.7. The summed E-state index contributed by atoms with van der Waals surface area (Å²) >= 11 is 0. The largest absolute Gasteiger partial charge is 0.248 e. The summed E-state index contributed by atoms with van der Waals surface area (Å²) in [5.41, 5.74) is 3.47. The van der Waals surface area contributed by atoms with E-state index in [1.165, 1.54) is 0 Å². The van der Waals surface area contributed by atoms with Gasteiger partial charge in [0.05, 0.1) is 0 Å². The van der Waals surface area contributed by atoms with Crippen molar-refractivity contribution < 1.29 is 0 Å². The van der Waals surface area contributed by atoms with E-state index in [0.717, 1.165) is 5.70 Å². The van der Waals surface area contributed by atoms with Gasteiger partial charge in [0.1, 0.15) is 5.70 Å². The molecule has 0 saturated carbocycles. The van der Waals surface area contributed by atoms with E-state index < -0.39 is 0 Å². The Hall–Kier alpha value is -1.07. The molecule has 1 heterocycles. The maximum absolute atomic E-state index is 3.86. The molecule has 7 heavy (non-hydrogen) atoms. The van der Waals surface area contributed by atoms with Crippen LogP contribution in [0.4, 0.5) is 0 Å². The second-order valence-electron chi connectivity index (χ2n) is 1.20. The van der Waals surface area contributed by atoms with Crippen LogP contribution in [0.3, 0.4) is 0 Å². The third-order valence-electron chi connectivity index (χ3n) is 0.735. The van der Waals surface area contributed by atoms with Crippen LogP contribution in [-0.2, 0) is 0 Å². The number of aliphatic imine (C=N–C) groups is 1. The molecule has 0 aromatic heterocycles. The lowest BCUT2D eigenvalue weighted by Crippen LogP contribution is -1.54. The zero-order chi connectivity index (χ0) is 5.11. The van der Waals surface area contributed by atoms with Crippen LogP contribution in [-0.4, -0.2) is 6.21 Å². The molecule has 1 rings (SSSR count). The van der Waals surface area contributed by atoms with Gasteiger partial charge in [-0.15, -0.1) is 5.73 Å². The molecule has 0 bridgehead atoms. The molecule has 1 heteroatoms. The highest BCUT2D eigenvalue weighted by molar-refractivity contribution is 5.76. The van der Waals surface area contributed by atoms with Gasteiger partial charge in [0.2, 0.25) is 0 Å². The molecule has 0 N–H and O–H groups in total. The molecule has 0 fully saturated rings. The highest BCUT2D eigenvalue weighted by Gasteiger charge is 1.85. The molecule has 0 unspecified atom stereocenters. The molecule has 0 atom stereocenters. The van der Waals surface area contributed by atoms with E-state index in [-0.39, 0.29) is 0 Å². The van der Waals surface area contributed by atoms with Crippen molar-refractivity contribution in [3.8, 4) is 0 Å². The van der Waals surface area contributed by atoms with Gasteiger partial charge >= 0.3 is 0 Å². The van der Waals surface area contributed by atoms with Gasteiger partial charge in [-0.1, -0.05) is 6.58 Å². The Morgan fingerprint density at radius 3 is 2.86 bits per heavy atom. The van der Waals surface area contributed by atoms with Crippen LogP contribution in [0.5, 0.6) is 0 Å². The van der Waals surface area contributed by atoms with Gasteiger partial charge < -0.3 is 0 Å². The highest BCUT2D eigenvalue weighted by Crippen LogP contribution is 1.99. The second-order valence-corrected chi connectivity index (χ2v) is 1.20. The van der Waals surface area contributed by atoms with E-state index in [9.17, 15) is 0 Å². The Bertz CT molecular complexity index is 155. The smallest absolute Gasteiger partial charge is 0.104 e. The van der Waals surface area contributed by atoms with Crippen LogP contribution in [0.1, 0.15) is 0 Å². The third kappa shape index (κ3) is 0.673. The molecule has 0 aromatic carbocycles. The van der Waals surface area contributed by atoms with E-state index in [1.807, 2.05) is 12.2 Å². The number of rotatable bonds is 0. The van der Waals surface area contributed by atoms with Crippen LogP contribution in [0.25, 0.3) is 0 Å². The minimum Gasteiger partial charge on any atom is -0.248 e. The molecule has 1 aliphatic heterocycles. The second kappa shape index (κ2) is 1.59. The standard InChI is InChI=1S/C6H5N/c1-2-6-4-3-5-7-6/h3-5H,1H2. The Kier molecular flexibility index (Phi) is 0.928. The van der Waals surface area contributed by atoms with E-state index in [2.05, 4.69) is 17.3 Å². The fourth-order valence-electron chi connectivity index (χ4n) is 0.405. The van der Waals surface area contributed by atoms with Gasteiger partial charge in [0.25, 0.3) is 0 Å². The average molecular weight is 91.1 g/mol. The Morgan fingerprint density at radius 2 is 2.57 bits per heavy atom. The Labute approximate surface area is 42.4 Å². The fourth-order valence-corrected chi connectivity index (χ4v) is 0.405. The summed E-state index contributed by atoms with van der Waals surface area (Å²) in [5, 5.41) is 0. The minimum absolute atomic E-state index is 0.819. The minimum atomic E-state index is 0.819. The van der Waals surface area contributed by atoms with Gasteiger partial charge in [0, 0.05) is 6.21 Å². The van der Waals surface area contributed by atoms with Crippen molar-refractivity contribution in [2.75, 3.05) is 0 Å². The van der Waals surface area contributed by atoms with Crippen molar-refractivity contribution in [2.45, 2.75) is 0 Å². The molecule has 0 spiro atoms. The van der Waals surface area contributed by atoms with E-state index in [1.54, 1.807) is 6.21 Å². The van der Waals surface area contributed by atoms with Crippen LogP contribution < -0.4 is 0 Å². The molecule has 0 aromatic rings. The zero-order valence-electron chi connectivity index (χ0n) is 3.89. The summed E-state index contributed by atoms with van der Waals surface area (Å²) in [5.74, 6) is 0. The van der Waals surface area contributed by atoms with Crippen LogP contribution in [0.2, 0.25) is 0 Å². The van der Waals surface area contributed by atoms with Gasteiger partial charge in [-0.3, -0.25) is 0 Å². The maximum atomic E-state index is 3.86. The van der Waals surface area contributed by atoms with Crippen molar-refractivity contribution in [1.82, 2.24) is 0 Å². The first-order chi connectivity index (χ1) is 3.43. The van der Waals surface area contributed by atoms with Gasteiger partial charge in [-0.2, -0.15) is 0 Å². The summed E-state index contributed by atoms with van der Waals surface area (Å²) in [7, 11) is 0. The predicted molar refractivity (Wildman–Crippen MR) is 30.3 cm³/mol. The molecule has 0 saturated heterocycles. The predicted octanol–water partition coefficient (Wildman–Crippen LogP) is 1.30. The quantitative estimate of drug-likeness (QED) is 0.398. The molecule has 1 nitrogen and oxygen atoms in total. The van der Waals surface area contributed by atoms with Gasteiger partial charge in [0.15, 0.2) is 0 Å². The summed E-state index contributed by atoms with van der Waals surface area (Å²) in [6.07, 6.45) is 5.42. The molecule has 34 valence electrons. The first kappa shape index (κ1) is 4.10. The van der Waals surface area contributed by atoms with E-state index in [4.69, 9.17) is 0 Å². The van der Waals surface area contributed by atoms with Crippen molar-refractivity contribution in [3.63, 3.8) is 0 Å². The van der Waals surface area contributed by atoms with Crippen molar-refractivity contribution in [3.05, 3.63) is 30.2 Å². The zero-order valence-corrected chi connectivity index (χ0v) is 3.89. The Morgan fingerprint density at radius 1 is 1.71 bits per heavy atom. The number of allylic oxidation sites excluding steroid dienone is 2. The molecule has 0 aliphatic carbocycles. The first-order valence-electron chi connectivity index (χ1n) is 2.04. The monoisotopic (exact) mass is 91.0 g/mol. The van der Waals surface area contributed by atoms with E-state index >= 15 is 0 Å². The number of hydrogen-bond donors (Lipinski definition) is 0. The lowest BCUT2D eigenvalue weighted by molar-refractivity contribution is 1.49. The van der Waals surface area contributed by atoms with Crippen molar-refractivity contribution in [1.29, 1.82) is 0 Å². The average Bonchev–Trinajstić information content (AvgIpc) is 2.14. The van der Waals surface area contributed by atoms with Crippen molar-refractivity contribution in [2.24, 2.45) is 4.99 Å². The van der Waals surface area contributed by atoms with Gasteiger partial charge in [-0.05, 0) is 12.2 Å². The summed E-state index contributed by atoms with van der Waals surface area (Å²) < 4.78 is 0. The SMILES string of the molecule is C=C=C1C=CC=N1. The Balaban J connectivity index is 3.00. The summed E-state index contributed by atoms with van der Waals surface area (Å²) in [6.45, 7) is 3.42. The molecule has 1 aliphatic rings. The number of nitrogens with zero attached hydrogens (tertiary/aromatic N) is 1. The molecular formula is C6H5N. The molecule has 0 amide bonds. The van der Waals surface area contributed by atoms with Crippen LogP contribution >= 0.6 is 0 Å². The maximum Gasteiger partial charge on any atom is 0.104 e. The topological polar surface area (TPSA) is 12.4 Å². The summed E-state index contributed by atoms with van der Waals surface area (Å²) in [6, 6.07) is 0. The van der Waals surface area contributed by atoms with Crippen LogP contribution in [0, 0.1) is 0 Å². The van der Waals surface area contributed by atoms with E-state index in [0.29, 0.717) is 0 Å². The molecule has 0 radical (unpaired) electrons. The normalized spacial score (nSPS) is 15.1. The first-order valence-corrected chi connectivity index (χ1v) is 2.04. The molecular weight excluding hydrogens is 86.1 g/mol. The summed E-state index contributed by atoms with van der Waals surface area (Å²) in [4.78, 5) is 3.86. The van der Waals surface area contributed by atoms with Crippen molar-refractivity contribution >= 4 is 6.21 Å². The third-order valence-corrected chi connectivity index (χ3v) is 0.735. The lowest BCUT2D eigenvalue weighted by atomic mass is 10.5. The van der Waals surface area contributed by atoms with Gasteiger partial charge in [-0.25, -0.2) is 4.99 Å².